The van der Waals surface area contributed by atoms with Crippen LogP contribution in [0.1, 0.15) is 20.3 Å². The highest BCUT2D eigenvalue weighted by atomic mass is 32.1. The van der Waals surface area contributed by atoms with Gasteiger partial charge in [0.1, 0.15) is 24.0 Å². The van der Waals surface area contributed by atoms with E-state index in [2.05, 4.69) is 10.6 Å². The van der Waals surface area contributed by atoms with Crippen molar-refractivity contribution in [2.24, 2.45) is 0 Å². The summed E-state index contributed by atoms with van der Waals surface area (Å²) in [6.45, 7) is 4.07. The van der Waals surface area contributed by atoms with E-state index in [-0.39, 0.29) is 11.7 Å². The highest BCUT2D eigenvalue weighted by Gasteiger charge is 2.42. The van der Waals surface area contributed by atoms with E-state index < -0.39 is 0 Å². The smallest absolute Gasteiger partial charge is 0.176 e. The zero-order chi connectivity index (χ0) is 11.9. The number of rotatable bonds is 0. The van der Waals surface area contributed by atoms with Gasteiger partial charge in [0.25, 0.3) is 0 Å². The zero-order valence-electron chi connectivity index (χ0n) is 9.03. The summed E-state index contributed by atoms with van der Waals surface area (Å²) in [6, 6.07) is 4.00. The number of hydrogen-bond donors (Lipinski definition) is 2. The second-order valence-corrected chi connectivity index (χ2v) is 4.88. The van der Waals surface area contributed by atoms with Crippen molar-refractivity contribution >= 4 is 17.3 Å². The minimum atomic E-state index is -0.128. The van der Waals surface area contributed by atoms with Crippen LogP contribution in [0, 0.1) is 22.7 Å². The molecule has 0 aromatic heterocycles. The first kappa shape index (κ1) is 10.7. The molecule has 2 rings (SSSR count). The van der Waals surface area contributed by atoms with Crippen molar-refractivity contribution in [2.45, 2.75) is 32.0 Å². The summed E-state index contributed by atoms with van der Waals surface area (Å²) in [4.78, 5) is 1.68. The molecule has 0 radical (unpaired) electrons. The van der Waals surface area contributed by atoms with Crippen LogP contribution in [0.3, 0.4) is 0 Å². The lowest BCUT2D eigenvalue weighted by Gasteiger charge is -2.42. The minimum Gasteiger partial charge on any atom is -0.357 e. The summed E-state index contributed by atoms with van der Waals surface area (Å²) < 4.78 is 0. The van der Waals surface area contributed by atoms with Crippen LogP contribution in [-0.4, -0.2) is 21.7 Å². The maximum atomic E-state index is 9.03. The molecule has 2 N–H and O–H groups in total. The maximum absolute atomic E-state index is 9.03. The van der Waals surface area contributed by atoms with Crippen LogP contribution >= 0.6 is 12.2 Å². The standard InChI is InChI=1S/C10H11N5S/c1-10(2)3-8-13-6(4-11)7(5-12)15(8)9(16)14-10/h8,13H,3H2,1-2H3,(H,14,16). The molecule has 1 saturated heterocycles. The molecule has 1 unspecified atom stereocenters. The Morgan fingerprint density at radius 1 is 1.44 bits per heavy atom. The van der Waals surface area contributed by atoms with Crippen LogP contribution in [0.25, 0.3) is 0 Å². The number of nitriles is 2. The number of allylic oxidation sites excluding steroid dienone is 2. The van der Waals surface area contributed by atoms with Crippen molar-refractivity contribution in [3.63, 3.8) is 0 Å². The first-order valence-corrected chi connectivity index (χ1v) is 5.32. The molecular weight excluding hydrogens is 222 g/mol. The summed E-state index contributed by atoms with van der Waals surface area (Å²) in [5.41, 5.74) is 0.478. The molecule has 6 heteroatoms. The fraction of sp³-hybridized carbons (Fsp3) is 0.500. The SMILES string of the molecule is CC1(C)CC2NC(C#N)=C(C#N)N2C(=S)N1. The van der Waals surface area contributed by atoms with E-state index in [1.807, 2.05) is 26.0 Å². The molecule has 16 heavy (non-hydrogen) atoms. The minimum absolute atomic E-state index is 0.0898. The van der Waals surface area contributed by atoms with Crippen molar-refractivity contribution in [3.05, 3.63) is 11.4 Å². The van der Waals surface area contributed by atoms with Crippen LogP contribution in [-0.2, 0) is 0 Å². The molecule has 0 saturated carbocycles. The number of nitrogens with zero attached hydrogens (tertiary/aromatic N) is 3. The normalized spacial score (nSPS) is 26.4. The summed E-state index contributed by atoms with van der Waals surface area (Å²) in [7, 11) is 0. The lowest BCUT2D eigenvalue weighted by atomic mass is 9.96. The van der Waals surface area contributed by atoms with Crippen molar-refractivity contribution in [3.8, 4) is 12.1 Å². The van der Waals surface area contributed by atoms with Gasteiger partial charge in [0.05, 0.1) is 0 Å². The van der Waals surface area contributed by atoms with Crippen LogP contribution in [0.15, 0.2) is 11.4 Å². The Morgan fingerprint density at radius 3 is 2.69 bits per heavy atom. The van der Waals surface area contributed by atoms with Gasteiger partial charge in [-0.15, -0.1) is 0 Å². The lowest BCUT2D eigenvalue weighted by molar-refractivity contribution is 0.236. The van der Waals surface area contributed by atoms with Crippen molar-refractivity contribution < 1.29 is 0 Å². The average Bonchev–Trinajstić information content (AvgIpc) is 2.53. The predicted octanol–water partition coefficient (Wildman–Crippen LogP) is 0.533. The topological polar surface area (TPSA) is 74.9 Å². The van der Waals surface area contributed by atoms with Gasteiger partial charge in [-0.3, -0.25) is 4.90 Å². The average molecular weight is 233 g/mol. The summed E-state index contributed by atoms with van der Waals surface area (Å²) in [5, 5.41) is 24.6. The van der Waals surface area contributed by atoms with Gasteiger partial charge < -0.3 is 10.6 Å². The Balaban J connectivity index is 2.37. The van der Waals surface area contributed by atoms with Crippen LogP contribution in [0.5, 0.6) is 0 Å². The van der Waals surface area contributed by atoms with Gasteiger partial charge in [-0.25, -0.2) is 0 Å². The van der Waals surface area contributed by atoms with E-state index in [9.17, 15) is 0 Å². The molecule has 0 aromatic carbocycles. The lowest BCUT2D eigenvalue weighted by Crippen LogP contribution is -2.61. The molecule has 0 spiro atoms. The third-order valence-corrected chi connectivity index (χ3v) is 2.98. The fourth-order valence-corrected chi connectivity index (χ4v) is 2.54. The molecule has 2 heterocycles. The molecule has 5 nitrogen and oxygen atoms in total. The van der Waals surface area contributed by atoms with Crippen molar-refractivity contribution in [1.82, 2.24) is 15.5 Å². The second-order valence-electron chi connectivity index (χ2n) is 4.50. The summed E-state index contributed by atoms with van der Waals surface area (Å²) >= 11 is 5.22. The first-order valence-electron chi connectivity index (χ1n) is 4.91. The molecule has 0 bridgehead atoms. The molecular formula is C10H11N5S. The highest BCUT2D eigenvalue weighted by molar-refractivity contribution is 7.80. The monoisotopic (exact) mass is 233 g/mol. The number of nitrogens with one attached hydrogen (secondary N) is 2. The third-order valence-electron chi connectivity index (χ3n) is 2.69. The van der Waals surface area contributed by atoms with Crippen LogP contribution < -0.4 is 10.6 Å². The van der Waals surface area contributed by atoms with Gasteiger partial charge >= 0.3 is 0 Å². The quantitative estimate of drug-likeness (QED) is 0.595. The molecule has 0 amide bonds. The zero-order valence-corrected chi connectivity index (χ0v) is 9.85. The molecule has 0 aromatic rings. The Labute approximate surface area is 99.3 Å². The Hall–Kier alpha value is -1.79. The highest BCUT2D eigenvalue weighted by Crippen LogP contribution is 2.29. The van der Waals surface area contributed by atoms with Crippen molar-refractivity contribution in [2.75, 3.05) is 0 Å². The van der Waals surface area contributed by atoms with E-state index in [1.54, 1.807) is 4.90 Å². The van der Waals surface area contributed by atoms with E-state index in [1.165, 1.54) is 0 Å². The Morgan fingerprint density at radius 2 is 2.12 bits per heavy atom. The van der Waals surface area contributed by atoms with Gasteiger partial charge in [0.2, 0.25) is 0 Å². The molecule has 82 valence electrons. The Bertz CT molecular complexity index is 465. The molecule has 0 aliphatic carbocycles. The number of thiocarbonyl (C=S) groups is 1. The molecule has 2 aliphatic heterocycles. The van der Waals surface area contributed by atoms with Gasteiger partial charge in [-0.1, -0.05) is 0 Å². The summed E-state index contributed by atoms with van der Waals surface area (Å²) in [5.74, 6) is 0. The molecule has 2 aliphatic rings. The Kier molecular flexibility index (Phi) is 2.25. The third kappa shape index (κ3) is 1.48. The largest absolute Gasteiger partial charge is 0.357 e. The fourth-order valence-electron chi connectivity index (χ4n) is 2.04. The predicted molar refractivity (Wildman–Crippen MR) is 61.4 cm³/mol. The van der Waals surface area contributed by atoms with E-state index in [0.717, 1.165) is 6.42 Å². The molecule has 1 fully saturated rings. The van der Waals surface area contributed by atoms with Crippen molar-refractivity contribution in [1.29, 1.82) is 10.5 Å². The number of fused-ring (bicyclic) bond motifs is 1. The number of hydrogen-bond acceptors (Lipinski definition) is 4. The van der Waals surface area contributed by atoms with Gasteiger partial charge in [0, 0.05) is 12.0 Å². The van der Waals surface area contributed by atoms with Crippen LogP contribution in [0.2, 0.25) is 0 Å². The van der Waals surface area contributed by atoms with Crippen LogP contribution in [0.4, 0.5) is 0 Å². The van der Waals surface area contributed by atoms with Gasteiger partial charge in [0.15, 0.2) is 10.8 Å². The van der Waals surface area contributed by atoms with E-state index >= 15 is 0 Å². The molecule has 1 atom stereocenters. The van der Waals surface area contributed by atoms with Gasteiger partial charge in [-0.2, -0.15) is 10.5 Å². The van der Waals surface area contributed by atoms with E-state index in [0.29, 0.717) is 16.5 Å². The second kappa shape index (κ2) is 3.36. The maximum Gasteiger partial charge on any atom is 0.176 e. The van der Waals surface area contributed by atoms with E-state index in [4.69, 9.17) is 22.7 Å². The summed E-state index contributed by atoms with van der Waals surface area (Å²) in [6.07, 6.45) is 0.678. The first-order chi connectivity index (χ1) is 7.48. The van der Waals surface area contributed by atoms with Gasteiger partial charge in [-0.05, 0) is 26.1 Å².